The summed E-state index contributed by atoms with van der Waals surface area (Å²) in [5.41, 5.74) is 0. The summed E-state index contributed by atoms with van der Waals surface area (Å²) in [6.45, 7) is 8.23. The van der Waals surface area contributed by atoms with Gasteiger partial charge in [-0.15, -0.1) is 0 Å². The van der Waals surface area contributed by atoms with E-state index in [4.69, 9.17) is 0 Å². The van der Waals surface area contributed by atoms with Crippen LogP contribution in [0.1, 0.15) is 52.9 Å². The van der Waals surface area contributed by atoms with Gasteiger partial charge in [-0.05, 0) is 25.9 Å². The Kier molecular flexibility index (Phi) is 8.26. The van der Waals surface area contributed by atoms with Gasteiger partial charge in [-0.25, -0.2) is 0 Å². The predicted molar refractivity (Wildman–Crippen MR) is 65.6 cm³/mol. The van der Waals surface area contributed by atoms with E-state index in [0.29, 0.717) is 0 Å². The fourth-order valence-electron chi connectivity index (χ4n) is 2.44. The lowest BCUT2D eigenvalue weighted by Crippen LogP contribution is -2.27. The smallest absolute Gasteiger partial charge is 0.000610 e. The molecule has 0 aliphatic rings. The molecule has 1 unspecified atom stereocenters. The minimum Gasteiger partial charge on any atom is -0.309 e. The second kappa shape index (κ2) is 8.28. The van der Waals surface area contributed by atoms with E-state index >= 15 is 0 Å². The summed E-state index contributed by atoms with van der Waals surface area (Å²) in [5.74, 6) is 1.86. The van der Waals surface area contributed by atoms with Gasteiger partial charge in [0.15, 0.2) is 0 Å². The van der Waals surface area contributed by atoms with Crippen LogP contribution in [0.15, 0.2) is 0 Å². The number of nitrogens with zero attached hydrogens (tertiary/aromatic N) is 1. The molecule has 14 heavy (non-hydrogen) atoms. The minimum absolute atomic E-state index is 0.907. The van der Waals surface area contributed by atoms with Gasteiger partial charge in [-0.1, -0.05) is 52.9 Å². The highest BCUT2D eigenvalue weighted by Gasteiger charge is 2.18. The molecule has 0 aromatic carbocycles. The Bertz CT molecular complexity index is 114. The number of hydrogen-bond donors (Lipinski definition) is 0. The Morgan fingerprint density at radius 3 is 1.64 bits per heavy atom. The van der Waals surface area contributed by atoms with E-state index in [9.17, 15) is 0 Å². The molecule has 0 aromatic heterocycles. The predicted octanol–water partition coefficient (Wildman–Crippen LogP) is 3.79. The van der Waals surface area contributed by atoms with E-state index in [1.54, 1.807) is 0 Å². The Morgan fingerprint density at radius 1 is 0.857 bits per heavy atom. The standard InChI is InChI=1S/C13H29N/c1-6-9-13(10-7-2)12(8-3)11-14(4)5/h12-13H,6-11H2,1-5H3. The number of hydrogen-bond acceptors (Lipinski definition) is 1. The second-order valence-corrected chi connectivity index (χ2v) is 4.77. The largest absolute Gasteiger partial charge is 0.309 e. The third-order valence-corrected chi connectivity index (χ3v) is 3.11. The molecular weight excluding hydrogens is 170 g/mol. The van der Waals surface area contributed by atoms with Crippen molar-refractivity contribution < 1.29 is 0 Å². The van der Waals surface area contributed by atoms with Gasteiger partial charge in [0.25, 0.3) is 0 Å². The fraction of sp³-hybridized carbons (Fsp3) is 1.00. The molecule has 86 valence electrons. The van der Waals surface area contributed by atoms with Crippen LogP contribution in [0.4, 0.5) is 0 Å². The maximum atomic E-state index is 2.34. The maximum Gasteiger partial charge on any atom is 0.000610 e. The lowest BCUT2D eigenvalue weighted by Gasteiger charge is -2.28. The first kappa shape index (κ1) is 14.0. The highest BCUT2D eigenvalue weighted by Crippen LogP contribution is 2.26. The molecule has 0 bridgehead atoms. The molecule has 0 heterocycles. The molecule has 0 aliphatic carbocycles. The van der Waals surface area contributed by atoms with Crippen molar-refractivity contribution in [3.8, 4) is 0 Å². The van der Waals surface area contributed by atoms with Gasteiger partial charge in [0.05, 0.1) is 0 Å². The van der Waals surface area contributed by atoms with Crippen LogP contribution in [0.5, 0.6) is 0 Å². The van der Waals surface area contributed by atoms with Crippen LogP contribution in [0.25, 0.3) is 0 Å². The van der Waals surface area contributed by atoms with E-state index in [-0.39, 0.29) is 0 Å². The normalized spacial score (nSPS) is 13.9. The fourth-order valence-corrected chi connectivity index (χ4v) is 2.44. The highest BCUT2D eigenvalue weighted by molar-refractivity contribution is 4.70. The van der Waals surface area contributed by atoms with Crippen molar-refractivity contribution in [3.05, 3.63) is 0 Å². The van der Waals surface area contributed by atoms with Gasteiger partial charge >= 0.3 is 0 Å². The van der Waals surface area contributed by atoms with Crippen LogP contribution in [0.3, 0.4) is 0 Å². The zero-order valence-electron chi connectivity index (χ0n) is 10.8. The Balaban J connectivity index is 4.10. The Hall–Kier alpha value is -0.0400. The lowest BCUT2D eigenvalue weighted by atomic mass is 9.83. The summed E-state index contributed by atoms with van der Waals surface area (Å²) in [7, 11) is 4.38. The van der Waals surface area contributed by atoms with Crippen LogP contribution >= 0.6 is 0 Å². The van der Waals surface area contributed by atoms with Crippen molar-refractivity contribution in [2.45, 2.75) is 52.9 Å². The van der Waals surface area contributed by atoms with Crippen LogP contribution in [-0.4, -0.2) is 25.5 Å². The Labute approximate surface area is 90.9 Å². The SMILES string of the molecule is CCCC(CCC)C(CC)CN(C)C. The molecule has 1 atom stereocenters. The molecule has 0 radical (unpaired) electrons. The van der Waals surface area contributed by atoms with Crippen molar-refractivity contribution in [2.75, 3.05) is 20.6 Å². The topological polar surface area (TPSA) is 3.24 Å². The number of rotatable bonds is 8. The lowest BCUT2D eigenvalue weighted by molar-refractivity contribution is 0.216. The van der Waals surface area contributed by atoms with E-state index in [1.807, 2.05) is 0 Å². The van der Waals surface area contributed by atoms with Gasteiger partial charge < -0.3 is 4.90 Å². The second-order valence-electron chi connectivity index (χ2n) is 4.77. The first-order chi connectivity index (χ1) is 6.65. The van der Waals surface area contributed by atoms with E-state index in [1.165, 1.54) is 38.6 Å². The van der Waals surface area contributed by atoms with Crippen molar-refractivity contribution in [3.63, 3.8) is 0 Å². The van der Waals surface area contributed by atoms with Crippen molar-refractivity contribution in [2.24, 2.45) is 11.8 Å². The van der Waals surface area contributed by atoms with Gasteiger partial charge in [0.1, 0.15) is 0 Å². The van der Waals surface area contributed by atoms with Gasteiger partial charge in [0.2, 0.25) is 0 Å². The van der Waals surface area contributed by atoms with Crippen LogP contribution in [0, 0.1) is 11.8 Å². The minimum atomic E-state index is 0.907. The van der Waals surface area contributed by atoms with Crippen LogP contribution in [0.2, 0.25) is 0 Å². The quantitative estimate of drug-likeness (QED) is 0.575. The Morgan fingerprint density at radius 2 is 1.36 bits per heavy atom. The monoisotopic (exact) mass is 199 g/mol. The molecule has 0 rings (SSSR count). The molecule has 1 heteroatoms. The molecule has 0 saturated heterocycles. The molecule has 0 spiro atoms. The van der Waals surface area contributed by atoms with Crippen LogP contribution in [-0.2, 0) is 0 Å². The molecule has 0 aromatic rings. The molecule has 0 amide bonds. The molecule has 0 saturated carbocycles. The third-order valence-electron chi connectivity index (χ3n) is 3.11. The summed E-state index contributed by atoms with van der Waals surface area (Å²) in [4.78, 5) is 2.34. The first-order valence-electron chi connectivity index (χ1n) is 6.30. The summed E-state index contributed by atoms with van der Waals surface area (Å²) in [6.07, 6.45) is 6.85. The average molecular weight is 199 g/mol. The summed E-state index contributed by atoms with van der Waals surface area (Å²) < 4.78 is 0. The van der Waals surface area contributed by atoms with E-state index in [0.717, 1.165) is 11.8 Å². The summed E-state index contributed by atoms with van der Waals surface area (Å²) in [5, 5.41) is 0. The van der Waals surface area contributed by atoms with Gasteiger partial charge in [-0.3, -0.25) is 0 Å². The van der Waals surface area contributed by atoms with E-state index in [2.05, 4.69) is 39.8 Å². The van der Waals surface area contributed by atoms with Crippen molar-refractivity contribution in [1.82, 2.24) is 4.90 Å². The summed E-state index contributed by atoms with van der Waals surface area (Å²) in [6, 6.07) is 0. The molecule has 0 aliphatic heterocycles. The molecule has 1 nitrogen and oxygen atoms in total. The highest BCUT2D eigenvalue weighted by atomic mass is 15.1. The average Bonchev–Trinajstić information content (AvgIpc) is 2.13. The molecule has 0 N–H and O–H groups in total. The van der Waals surface area contributed by atoms with Gasteiger partial charge in [0, 0.05) is 6.54 Å². The molecule has 0 fully saturated rings. The maximum absolute atomic E-state index is 2.34. The third kappa shape index (κ3) is 5.64. The molecular formula is C13H29N. The first-order valence-corrected chi connectivity index (χ1v) is 6.30. The van der Waals surface area contributed by atoms with Crippen molar-refractivity contribution >= 4 is 0 Å². The summed E-state index contributed by atoms with van der Waals surface area (Å²) >= 11 is 0. The zero-order valence-corrected chi connectivity index (χ0v) is 10.8. The van der Waals surface area contributed by atoms with Crippen molar-refractivity contribution in [1.29, 1.82) is 0 Å². The van der Waals surface area contributed by atoms with E-state index < -0.39 is 0 Å². The van der Waals surface area contributed by atoms with Crippen LogP contribution < -0.4 is 0 Å². The van der Waals surface area contributed by atoms with Gasteiger partial charge in [-0.2, -0.15) is 0 Å². The zero-order chi connectivity index (χ0) is 11.0.